The summed E-state index contributed by atoms with van der Waals surface area (Å²) in [5, 5.41) is 8.50. The van der Waals surface area contributed by atoms with E-state index in [1.165, 1.54) is 14.0 Å². The summed E-state index contributed by atoms with van der Waals surface area (Å²) in [6, 6.07) is -3.65. The van der Waals surface area contributed by atoms with Crippen LogP contribution in [0.1, 0.15) is 75.2 Å². The molecular weight excluding hydrogens is 472 g/mol. The second-order valence-electron chi connectivity index (χ2n) is 11.0. The maximum atomic E-state index is 13.7. The highest BCUT2D eigenvalue weighted by atomic mass is 16.2. The second-order valence-corrected chi connectivity index (χ2v) is 11.0. The number of carbonyl (C=O) groups is 5. The van der Waals surface area contributed by atoms with Crippen molar-refractivity contribution in [3.05, 3.63) is 12.2 Å². The molecule has 0 rings (SSSR count). The van der Waals surface area contributed by atoms with Crippen molar-refractivity contribution in [2.75, 3.05) is 14.1 Å². The Hall–Kier alpha value is -2.55. The van der Waals surface area contributed by atoms with Gasteiger partial charge in [-0.3, -0.25) is 24.0 Å². The number of hydrogen-bond donors (Lipinski definition) is 3. The summed E-state index contributed by atoms with van der Waals surface area (Å²) in [5.41, 5.74) is 0. The first kappa shape index (κ1) is 34.5. The molecular formula is C28H50N4O5. The fourth-order valence-electron chi connectivity index (χ4n) is 4.13. The smallest absolute Gasteiger partial charge is 0.251 e. The third kappa shape index (κ3) is 10.8. The number of hydrogen-bond acceptors (Lipinski definition) is 6. The number of nitrogens with zero attached hydrogens (tertiary/aromatic N) is 1. The van der Waals surface area contributed by atoms with Crippen LogP contribution in [-0.4, -0.2) is 72.5 Å². The van der Waals surface area contributed by atoms with Crippen molar-refractivity contribution in [2.45, 2.75) is 99.3 Å². The van der Waals surface area contributed by atoms with E-state index in [0.717, 1.165) is 4.90 Å². The van der Waals surface area contributed by atoms with Crippen LogP contribution >= 0.6 is 0 Å². The average Bonchev–Trinajstić information content (AvgIpc) is 2.81. The van der Waals surface area contributed by atoms with Crippen molar-refractivity contribution in [2.24, 2.45) is 23.7 Å². The van der Waals surface area contributed by atoms with Crippen LogP contribution < -0.4 is 16.0 Å². The van der Waals surface area contributed by atoms with E-state index in [0.29, 0.717) is 12.8 Å². The zero-order valence-corrected chi connectivity index (χ0v) is 24.7. The predicted octanol–water partition coefficient (Wildman–Crippen LogP) is 2.49. The third-order valence-corrected chi connectivity index (χ3v) is 6.47. The van der Waals surface area contributed by atoms with E-state index in [-0.39, 0.29) is 29.4 Å². The molecule has 0 radical (unpaired) electrons. The summed E-state index contributed by atoms with van der Waals surface area (Å²) in [7, 11) is 3.09. The quantitative estimate of drug-likeness (QED) is 0.211. The molecule has 0 saturated carbocycles. The molecule has 0 saturated heterocycles. The number of nitrogens with one attached hydrogen (secondary N) is 3. The van der Waals surface area contributed by atoms with Gasteiger partial charge >= 0.3 is 0 Å². The standard InChI is InChI=1S/C28H50N4O5/c1-12-13-14-19(8)25(34)24(27(36)30-22(17(4)5)20(9)33)32(11)28(37)23(18(6)7)31-26(35)21(29-10)15-16(2)3/h12-13,16-19,21-24,29H,14-15H2,1-11H3,(H,30,36)(H,31,35)/b13-12+/t19-,21+,22+,23+,24?/m1/s1. The van der Waals surface area contributed by atoms with Crippen LogP contribution in [0.2, 0.25) is 0 Å². The number of likely N-dealkylation sites (N-methyl/N-ethyl adjacent to an activating group) is 2. The highest BCUT2D eigenvalue weighted by Gasteiger charge is 2.40. The molecule has 0 aromatic carbocycles. The van der Waals surface area contributed by atoms with Crippen LogP contribution in [0.4, 0.5) is 0 Å². The maximum Gasteiger partial charge on any atom is 0.251 e. The Morgan fingerprint density at radius 2 is 1.35 bits per heavy atom. The minimum Gasteiger partial charge on any atom is -0.344 e. The lowest BCUT2D eigenvalue weighted by Crippen LogP contribution is -2.61. The fourth-order valence-corrected chi connectivity index (χ4v) is 4.13. The Labute approximate surface area is 223 Å². The zero-order valence-electron chi connectivity index (χ0n) is 24.7. The largest absolute Gasteiger partial charge is 0.344 e. The molecule has 37 heavy (non-hydrogen) atoms. The highest BCUT2D eigenvalue weighted by Crippen LogP contribution is 2.16. The monoisotopic (exact) mass is 522 g/mol. The summed E-state index contributed by atoms with van der Waals surface area (Å²) in [6.07, 6.45) is 4.64. The Bertz CT molecular complexity index is 821. The number of ketones is 2. The zero-order chi connectivity index (χ0) is 29.0. The molecule has 0 aliphatic heterocycles. The minimum atomic E-state index is -1.44. The molecule has 0 fully saturated rings. The van der Waals surface area contributed by atoms with Crippen molar-refractivity contribution in [1.29, 1.82) is 0 Å². The van der Waals surface area contributed by atoms with Crippen LogP contribution in [0.5, 0.6) is 0 Å². The summed E-state index contributed by atoms with van der Waals surface area (Å²) < 4.78 is 0. The molecule has 0 bridgehead atoms. The number of amides is 3. The van der Waals surface area contributed by atoms with Crippen molar-refractivity contribution in [3.63, 3.8) is 0 Å². The summed E-state index contributed by atoms with van der Waals surface area (Å²) in [6.45, 7) is 16.1. The normalized spacial score (nSPS) is 15.8. The lowest BCUT2D eigenvalue weighted by molar-refractivity contribution is -0.149. The lowest BCUT2D eigenvalue weighted by Gasteiger charge is -2.34. The van der Waals surface area contributed by atoms with E-state index in [4.69, 9.17) is 0 Å². The van der Waals surface area contributed by atoms with Crippen LogP contribution in [0, 0.1) is 23.7 Å². The van der Waals surface area contributed by atoms with E-state index in [1.807, 2.05) is 32.9 Å². The highest BCUT2D eigenvalue weighted by molar-refractivity contribution is 6.10. The van der Waals surface area contributed by atoms with Gasteiger partial charge in [-0.05, 0) is 51.5 Å². The molecule has 3 amide bonds. The van der Waals surface area contributed by atoms with E-state index in [9.17, 15) is 24.0 Å². The number of carbonyl (C=O) groups excluding carboxylic acids is 5. The van der Waals surface area contributed by atoms with Gasteiger partial charge in [0.1, 0.15) is 6.04 Å². The van der Waals surface area contributed by atoms with Crippen LogP contribution in [-0.2, 0) is 24.0 Å². The van der Waals surface area contributed by atoms with Gasteiger partial charge in [0.05, 0.1) is 12.1 Å². The number of rotatable bonds is 16. The van der Waals surface area contributed by atoms with Gasteiger partial charge in [-0.1, -0.05) is 60.6 Å². The van der Waals surface area contributed by atoms with Gasteiger partial charge in [0, 0.05) is 13.0 Å². The number of allylic oxidation sites excluding steroid dienone is 2. The molecule has 212 valence electrons. The van der Waals surface area contributed by atoms with Gasteiger partial charge in [-0.25, -0.2) is 0 Å². The first-order valence-corrected chi connectivity index (χ1v) is 13.3. The van der Waals surface area contributed by atoms with Gasteiger partial charge in [0.2, 0.25) is 11.8 Å². The van der Waals surface area contributed by atoms with Crippen molar-refractivity contribution >= 4 is 29.3 Å². The molecule has 0 spiro atoms. The SMILES string of the molecule is C/C=C/C[C@@H](C)C(=O)C(C(=O)N[C@H](C(C)=O)C(C)C)N(C)C(=O)[C@@H](NC(=O)[C@H](CC(C)C)NC)C(C)C. The van der Waals surface area contributed by atoms with Crippen molar-refractivity contribution < 1.29 is 24.0 Å². The van der Waals surface area contributed by atoms with Gasteiger partial charge in [0.15, 0.2) is 17.6 Å². The Morgan fingerprint density at radius 1 is 0.838 bits per heavy atom. The van der Waals surface area contributed by atoms with Gasteiger partial charge in [-0.15, -0.1) is 0 Å². The van der Waals surface area contributed by atoms with Gasteiger partial charge in [-0.2, -0.15) is 0 Å². The Kier molecular flexibility index (Phi) is 15.2. The van der Waals surface area contributed by atoms with Crippen LogP contribution in [0.15, 0.2) is 12.2 Å². The minimum absolute atomic E-state index is 0.194. The molecule has 9 heteroatoms. The van der Waals surface area contributed by atoms with Crippen LogP contribution in [0.25, 0.3) is 0 Å². The molecule has 0 aliphatic carbocycles. The predicted molar refractivity (Wildman–Crippen MR) is 147 cm³/mol. The number of Topliss-reactive ketones (excluding diaryl/α,β-unsaturated/α-hetero) is 2. The maximum absolute atomic E-state index is 13.7. The Balaban J connectivity index is 6.20. The fraction of sp³-hybridized carbons (Fsp3) is 0.750. The molecule has 0 aromatic heterocycles. The van der Waals surface area contributed by atoms with E-state index in [1.54, 1.807) is 41.7 Å². The second kappa shape index (κ2) is 16.3. The molecule has 0 aliphatic rings. The molecule has 0 heterocycles. The van der Waals surface area contributed by atoms with Crippen molar-refractivity contribution in [1.82, 2.24) is 20.9 Å². The third-order valence-electron chi connectivity index (χ3n) is 6.47. The lowest BCUT2D eigenvalue weighted by atomic mass is 9.92. The molecule has 5 atom stereocenters. The summed E-state index contributed by atoms with van der Waals surface area (Å²) in [5.74, 6) is -3.00. The molecule has 9 nitrogen and oxygen atoms in total. The Morgan fingerprint density at radius 3 is 1.76 bits per heavy atom. The van der Waals surface area contributed by atoms with E-state index < -0.39 is 47.7 Å². The average molecular weight is 523 g/mol. The topological polar surface area (TPSA) is 125 Å². The molecule has 0 aromatic rings. The first-order chi connectivity index (χ1) is 17.1. The van der Waals surface area contributed by atoms with Crippen molar-refractivity contribution in [3.8, 4) is 0 Å². The van der Waals surface area contributed by atoms with Gasteiger partial charge in [0.25, 0.3) is 5.91 Å². The molecule has 1 unspecified atom stereocenters. The molecule has 3 N–H and O–H groups in total. The van der Waals surface area contributed by atoms with E-state index in [2.05, 4.69) is 16.0 Å². The summed E-state index contributed by atoms with van der Waals surface area (Å²) in [4.78, 5) is 66.8. The van der Waals surface area contributed by atoms with Crippen LogP contribution in [0.3, 0.4) is 0 Å². The first-order valence-electron chi connectivity index (χ1n) is 13.3. The van der Waals surface area contributed by atoms with Gasteiger partial charge < -0.3 is 20.9 Å². The van der Waals surface area contributed by atoms with E-state index >= 15 is 0 Å². The summed E-state index contributed by atoms with van der Waals surface area (Å²) >= 11 is 0.